The number of rotatable bonds is 3. The lowest BCUT2D eigenvalue weighted by Crippen LogP contribution is -2.51. The molecule has 1 saturated carbocycles. The second-order valence-corrected chi connectivity index (χ2v) is 5.19. The molecule has 0 radical (unpaired) electrons. The van der Waals surface area contributed by atoms with Gasteiger partial charge in [-0.15, -0.1) is 0 Å². The maximum atomic E-state index is 11.5. The summed E-state index contributed by atoms with van der Waals surface area (Å²) >= 11 is 0. The minimum atomic E-state index is -0.875. The summed E-state index contributed by atoms with van der Waals surface area (Å²) in [4.78, 5) is 11.5. The fourth-order valence-corrected chi connectivity index (χ4v) is 2.69. The average Bonchev–Trinajstić information content (AvgIpc) is 2.24. The molecule has 0 bridgehead atoms. The van der Waals surface area contributed by atoms with Crippen molar-refractivity contribution in [2.75, 3.05) is 0 Å². The Morgan fingerprint density at radius 1 is 1.35 bits per heavy atom. The maximum Gasteiger partial charge on any atom is 0.314 e. The molecule has 0 unspecified atom stereocenters. The van der Waals surface area contributed by atoms with Crippen LogP contribution in [0.25, 0.3) is 0 Å². The summed E-state index contributed by atoms with van der Waals surface area (Å²) in [6, 6.07) is 7.67. The molecule has 0 aliphatic heterocycles. The zero-order chi connectivity index (χ0) is 12.6. The van der Waals surface area contributed by atoms with Crippen molar-refractivity contribution in [2.45, 2.75) is 44.1 Å². The first-order valence-corrected chi connectivity index (χ1v) is 5.98. The Balaban J connectivity index is 2.48. The van der Waals surface area contributed by atoms with Gasteiger partial charge >= 0.3 is 5.97 Å². The van der Waals surface area contributed by atoms with E-state index in [1.165, 1.54) is 0 Å². The van der Waals surface area contributed by atoms with E-state index in [9.17, 15) is 15.0 Å². The van der Waals surface area contributed by atoms with E-state index in [1.54, 1.807) is 0 Å². The van der Waals surface area contributed by atoms with Gasteiger partial charge in [0.1, 0.15) is 0 Å². The summed E-state index contributed by atoms with van der Waals surface area (Å²) in [6.45, 7) is 4.12. The van der Waals surface area contributed by atoms with Crippen LogP contribution in [-0.4, -0.2) is 22.3 Å². The van der Waals surface area contributed by atoms with Crippen molar-refractivity contribution in [2.24, 2.45) is 0 Å². The minimum absolute atomic E-state index is 0.292. The highest BCUT2D eigenvalue weighted by atomic mass is 16.4. The van der Waals surface area contributed by atoms with Crippen LogP contribution in [0.15, 0.2) is 24.3 Å². The van der Waals surface area contributed by atoms with E-state index in [1.807, 2.05) is 24.3 Å². The predicted molar refractivity (Wildman–Crippen MR) is 65.1 cm³/mol. The molecule has 0 heterocycles. The number of carboxylic acids is 1. The van der Waals surface area contributed by atoms with Crippen LogP contribution in [-0.2, 0) is 10.2 Å². The molecule has 0 aromatic heterocycles. The Labute approximate surface area is 101 Å². The number of hydrogen-bond acceptors (Lipinski definition) is 2. The molecule has 0 amide bonds. The lowest BCUT2D eigenvalue weighted by atomic mass is 9.61. The molecule has 1 aliphatic rings. The first-order valence-electron chi connectivity index (χ1n) is 5.98. The summed E-state index contributed by atoms with van der Waals surface area (Å²) in [5.74, 6) is -0.531. The molecule has 92 valence electrons. The van der Waals surface area contributed by atoms with Crippen LogP contribution in [0.3, 0.4) is 0 Å². The first-order chi connectivity index (χ1) is 7.97. The predicted octanol–water partition coefficient (Wildman–Crippen LogP) is 2.29. The molecular formula is C14H18O3. The van der Waals surface area contributed by atoms with Crippen molar-refractivity contribution in [1.29, 1.82) is 0 Å². The quantitative estimate of drug-likeness (QED) is 0.843. The number of aliphatic hydroxyl groups is 1. The molecule has 1 fully saturated rings. The van der Waals surface area contributed by atoms with Gasteiger partial charge in [0.15, 0.2) is 0 Å². The van der Waals surface area contributed by atoms with Gasteiger partial charge in [0.05, 0.1) is 11.5 Å². The number of benzene rings is 1. The van der Waals surface area contributed by atoms with Crippen LogP contribution >= 0.6 is 0 Å². The van der Waals surface area contributed by atoms with Gasteiger partial charge in [-0.2, -0.15) is 0 Å². The van der Waals surface area contributed by atoms with Crippen molar-refractivity contribution in [3.05, 3.63) is 35.4 Å². The SMILES string of the molecule is CC(C)c1ccccc1C1(C(=O)O)CC(O)C1. The van der Waals surface area contributed by atoms with Crippen molar-refractivity contribution in [3.63, 3.8) is 0 Å². The van der Waals surface area contributed by atoms with Gasteiger partial charge < -0.3 is 10.2 Å². The lowest BCUT2D eigenvalue weighted by Gasteiger charge is -2.43. The summed E-state index contributed by atoms with van der Waals surface area (Å²) in [6.07, 6.45) is 0.171. The Kier molecular flexibility index (Phi) is 2.96. The van der Waals surface area contributed by atoms with Crippen molar-refractivity contribution in [1.82, 2.24) is 0 Å². The van der Waals surface area contributed by atoms with E-state index in [-0.39, 0.29) is 0 Å². The molecule has 2 N–H and O–H groups in total. The van der Waals surface area contributed by atoms with E-state index in [2.05, 4.69) is 13.8 Å². The van der Waals surface area contributed by atoms with E-state index in [0.717, 1.165) is 11.1 Å². The van der Waals surface area contributed by atoms with Crippen molar-refractivity contribution < 1.29 is 15.0 Å². The summed E-state index contributed by atoms with van der Waals surface area (Å²) in [7, 11) is 0. The Bertz CT molecular complexity index is 431. The van der Waals surface area contributed by atoms with Gasteiger partial charge in [-0.1, -0.05) is 38.1 Å². The van der Waals surface area contributed by atoms with E-state index >= 15 is 0 Å². The van der Waals surface area contributed by atoms with Gasteiger partial charge in [0.25, 0.3) is 0 Å². The standard InChI is InChI=1S/C14H18O3/c1-9(2)11-5-3-4-6-12(11)14(13(16)17)7-10(15)8-14/h3-6,9-10,15H,7-8H2,1-2H3,(H,16,17). The van der Waals surface area contributed by atoms with Crippen LogP contribution in [0, 0.1) is 0 Å². The lowest BCUT2D eigenvalue weighted by molar-refractivity contribution is -0.153. The second kappa shape index (κ2) is 4.15. The van der Waals surface area contributed by atoms with E-state index in [4.69, 9.17) is 0 Å². The Morgan fingerprint density at radius 2 is 1.94 bits per heavy atom. The molecule has 0 atom stereocenters. The average molecular weight is 234 g/mol. The largest absolute Gasteiger partial charge is 0.481 e. The van der Waals surface area contributed by atoms with Gasteiger partial charge in [0, 0.05) is 0 Å². The third kappa shape index (κ3) is 1.84. The number of hydrogen-bond donors (Lipinski definition) is 2. The Hall–Kier alpha value is -1.35. The normalized spacial score (nSPS) is 27.9. The monoisotopic (exact) mass is 234 g/mol. The molecule has 1 aromatic rings. The van der Waals surface area contributed by atoms with Crippen molar-refractivity contribution in [3.8, 4) is 0 Å². The zero-order valence-electron chi connectivity index (χ0n) is 10.2. The van der Waals surface area contributed by atoms with Crippen LogP contribution in [0.5, 0.6) is 0 Å². The highest BCUT2D eigenvalue weighted by Gasteiger charge is 2.52. The molecule has 3 nitrogen and oxygen atoms in total. The topological polar surface area (TPSA) is 57.5 Å². The van der Waals surface area contributed by atoms with Gasteiger partial charge in [0.2, 0.25) is 0 Å². The summed E-state index contributed by atoms with van der Waals surface area (Å²) in [5, 5.41) is 18.9. The highest BCUT2D eigenvalue weighted by molar-refractivity contribution is 5.83. The fraction of sp³-hybridized carbons (Fsp3) is 0.500. The van der Waals surface area contributed by atoms with Gasteiger partial charge in [-0.3, -0.25) is 4.79 Å². The van der Waals surface area contributed by atoms with Crippen molar-refractivity contribution >= 4 is 5.97 Å². The number of aliphatic carboxylic acids is 1. The third-order valence-corrected chi connectivity index (χ3v) is 3.68. The highest BCUT2D eigenvalue weighted by Crippen LogP contribution is 2.46. The molecule has 1 aliphatic carbocycles. The maximum absolute atomic E-state index is 11.5. The molecule has 3 heteroatoms. The molecule has 1 aromatic carbocycles. The fourth-order valence-electron chi connectivity index (χ4n) is 2.69. The number of carbonyl (C=O) groups is 1. The smallest absolute Gasteiger partial charge is 0.314 e. The third-order valence-electron chi connectivity index (χ3n) is 3.68. The van der Waals surface area contributed by atoms with Crippen LogP contribution in [0.4, 0.5) is 0 Å². The van der Waals surface area contributed by atoms with Gasteiger partial charge in [-0.25, -0.2) is 0 Å². The van der Waals surface area contributed by atoms with Crippen LogP contribution in [0.2, 0.25) is 0 Å². The summed E-state index contributed by atoms with van der Waals surface area (Å²) in [5.41, 5.74) is 1.06. The second-order valence-electron chi connectivity index (χ2n) is 5.19. The number of aliphatic hydroxyl groups excluding tert-OH is 1. The van der Waals surface area contributed by atoms with Crippen LogP contribution < -0.4 is 0 Å². The number of carboxylic acid groups (broad SMARTS) is 1. The Morgan fingerprint density at radius 3 is 2.41 bits per heavy atom. The van der Waals surface area contributed by atoms with Crippen LogP contribution in [0.1, 0.15) is 43.7 Å². The molecule has 0 saturated heterocycles. The summed E-state index contributed by atoms with van der Waals surface area (Å²) < 4.78 is 0. The minimum Gasteiger partial charge on any atom is -0.481 e. The van der Waals surface area contributed by atoms with Gasteiger partial charge in [-0.05, 0) is 29.9 Å². The zero-order valence-corrected chi connectivity index (χ0v) is 10.2. The molecule has 17 heavy (non-hydrogen) atoms. The molecule has 2 rings (SSSR count). The van der Waals surface area contributed by atoms with E-state index < -0.39 is 17.5 Å². The first kappa shape index (κ1) is 12.1. The molecule has 0 spiro atoms. The molecular weight excluding hydrogens is 216 g/mol. The van der Waals surface area contributed by atoms with E-state index in [0.29, 0.717) is 18.8 Å².